The zero-order chi connectivity index (χ0) is 21.3. The summed E-state index contributed by atoms with van der Waals surface area (Å²) in [7, 11) is 2.15. The number of nitrogens with zero attached hydrogens (tertiary/aromatic N) is 1. The number of rotatable bonds is 4. The number of amides is 2. The van der Waals surface area contributed by atoms with Crippen LogP contribution in [0, 0.1) is 6.92 Å². The number of fused-ring (bicyclic) bond motifs is 1. The van der Waals surface area contributed by atoms with E-state index in [-0.39, 0.29) is 18.4 Å². The van der Waals surface area contributed by atoms with Crippen LogP contribution in [0.1, 0.15) is 44.9 Å². The van der Waals surface area contributed by atoms with Gasteiger partial charge in [0.1, 0.15) is 5.54 Å². The fourth-order valence-corrected chi connectivity index (χ4v) is 5.10. The summed E-state index contributed by atoms with van der Waals surface area (Å²) in [6.45, 7) is 6.87. The third-order valence-electron chi connectivity index (χ3n) is 6.05. The number of nitrogens with one attached hydrogen (secondary N) is 2. The van der Waals surface area contributed by atoms with Crippen LogP contribution < -0.4 is 10.6 Å². The van der Waals surface area contributed by atoms with Crippen LogP contribution in [0.25, 0.3) is 0 Å². The summed E-state index contributed by atoms with van der Waals surface area (Å²) >= 11 is 1.42. The number of carbonyl (C=O) groups excluding carboxylic acids is 2. The van der Waals surface area contributed by atoms with E-state index in [1.54, 1.807) is 6.07 Å². The molecule has 7 heteroatoms. The molecule has 2 amide bonds. The Bertz CT molecular complexity index is 949. The Balaban J connectivity index is 1.52. The lowest BCUT2D eigenvalue weighted by atomic mass is 9.94. The fourth-order valence-electron chi connectivity index (χ4n) is 4.33. The van der Waals surface area contributed by atoms with Gasteiger partial charge in [-0.1, -0.05) is 13.0 Å². The van der Waals surface area contributed by atoms with Gasteiger partial charge in [0.25, 0.3) is 11.8 Å². The van der Waals surface area contributed by atoms with E-state index in [4.69, 9.17) is 4.74 Å². The van der Waals surface area contributed by atoms with Crippen molar-refractivity contribution in [1.29, 1.82) is 0 Å². The molecule has 6 nitrogen and oxygen atoms in total. The molecular formula is C23H29N3O3S. The van der Waals surface area contributed by atoms with Crippen molar-refractivity contribution >= 4 is 28.8 Å². The fraction of sp³-hybridized carbons (Fsp3) is 0.478. The molecule has 0 radical (unpaired) electrons. The monoisotopic (exact) mass is 427 g/mol. The van der Waals surface area contributed by atoms with Crippen molar-refractivity contribution in [2.24, 2.45) is 0 Å². The molecule has 0 bridgehead atoms. The Kier molecular flexibility index (Phi) is 5.95. The standard InChI is InChI=1S/C23H29N3O3S/c1-15-13-26(3)10-8-17-12-18(5-6-19(15)17)24-22(28)23(9-11-29-14-23)25-21(27)20-7-4-16(2)30-20/h4-7,12,15H,8-11,13-14H2,1-3H3,(H,24,28)(H,25,27)/t15-,23-/m0/s1. The SMILES string of the molecule is Cc1ccc(C(=O)N[C@@]2(C(=O)Nc3ccc4c(c3)CCN(C)C[C@@H]4C)CCOC2)s1. The van der Waals surface area contributed by atoms with Crippen molar-refractivity contribution in [2.75, 3.05) is 38.7 Å². The molecule has 4 rings (SSSR count). The summed E-state index contributed by atoms with van der Waals surface area (Å²) in [5.41, 5.74) is 2.34. The van der Waals surface area contributed by atoms with Crippen LogP contribution in [0.3, 0.4) is 0 Å². The number of hydrogen-bond acceptors (Lipinski definition) is 5. The maximum Gasteiger partial charge on any atom is 0.262 e. The highest BCUT2D eigenvalue weighted by Crippen LogP contribution is 2.29. The number of benzene rings is 1. The first-order valence-corrected chi connectivity index (χ1v) is 11.3. The lowest BCUT2D eigenvalue weighted by molar-refractivity contribution is -0.122. The minimum atomic E-state index is -1.05. The van der Waals surface area contributed by atoms with E-state index in [0.29, 0.717) is 23.8 Å². The van der Waals surface area contributed by atoms with E-state index in [9.17, 15) is 9.59 Å². The summed E-state index contributed by atoms with van der Waals surface area (Å²) < 4.78 is 5.52. The number of hydrogen-bond donors (Lipinski definition) is 2. The van der Waals surface area contributed by atoms with Gasteiger partial charge in [0.15, 0.2) is 0 Å². The third kappa shape index (κ3) is 4.29. The predicted octanol–water partition coefficient (Wildman–Crippen LogP) is 3.18. The molecule has 1 aromatic heterocycles. The van der Waals surface area contributed by atoms with Gasteiger partial charge in [-0.25, -0.2) is 0 Å². The van der Waals surface area contributed by atoms with E-state index < -0.39 is 5.54 Å². The second-order valence-electron chi connectivity index (χ2n) is 8.53. The molecule has 2 atom stereocenters. The first-order valence-electron chi connectivity index (χ1n) is 10.5. The summed E-state index contributed by atoms with van der Waals surface area (Å²) in [5.74, 6) is 0.00766. The molecule has 160 valence electrons. The topological polar surface area (TPSA) is 70.7 Å². The Hall–Kier alpha value is -2.22. The largest absolute Gasteiger partial charge is 0.378 e. The lowest BCUT2D eigenvalue weighted by Gasteiger charge is -2.27. The van der Waals surface area contributed by atoms with E-state index in [2.05, 4.69) is 41.6 Å². The maximum atomic E-state index is 13.3. The highest BCUT2D eigenvalue weighted by atomic mass is 32.1. The molecule has 2 N–H and O–H groups in total. The van der Waals surface area contributed by atoms with Crippen molar-refractivity contribution < 1.29 is 14.3 Å². The number of anilines is 1. The number of thiophene rings is 1. The van der Waals surface area contributed by atoms with Crippen molar-refractivity contribution in [3.05, 3.63) is 51.2 Å². The zero-order valence-corrected chi connectivity index (χ0v) is 18.6. The third-order valence-corrected chi connectivity index (χ3v) is 7.05. The molecule has 0 unspecified atom stereocenters. The highest BCUT2D eigenvalue weighted by Gasteiger charge is 2.44. The molecule has 3 heterocycles. The summed E-state index contributed by atoms with van der Waals surface area (Å²) in [6, 6.07) is 9.87. The van der Waals surface area contributed by atoms with Gasteiger partial charge in [-0.05, 0) is 61.7 Å². The second-order valence-corrected chi connectivity index (χ2v) is 9.82. The van der Waals surface area contributed by atoms with Crippen LogP contribution >= 0.6 is 11.3 Å². The van der Waals surface area contributed by atoms with Crippen molar-refractivity contribution in [3.8, 4) is 0 Å². The van der Waals surface area contributed by atoms with Crippen LogP contribution in [-0.4, -0.2) is 55.6 Å². The van der Waals surface area contributed by atoms with E-state index in [1.807, 2.05) is 19.1 Å². The molecule has 0 spiro atoms. The quantitative estimate of drug-likeness (QED) is 0.786. The van der Waals surface area contributed by atoms with Gasteiger partial charge in [-0.15, -0.1) is 11.3 Å². The minimum absolute atomic E-state index is 0.182. The van der Waals surface area contributed by atoms with Gasteiger partial charge in [0, 0.05) is 36.7 Å². The smallest absolute Gasteiger partial charge is 0.262 e. The Morgan fingerprint density at radius 3 is 2.80 bits per heavy atom. The average molecular weight is 428 g/mol. The molecule has 0 aliphatic carbocycles. The zero-order valence-electron chi connectivity index (χ0n) is 17.8. The van der Waals surface area contributed by atoms with E-state index in [1.165, 1.54) is 22.5 Å². The van der Waals surface area contributed by atoms with Crippen LogP contribution in [0.5, 0.6) is 0 Å². The first-order chi connectivity index (χ1) is 14.4. The van der Waals surface area contributed by atoms with Crippen molar-refractivity contribution in [1.82, 2.24) is 10.2 Å². The molecule has 1 fully saturated rings. The van der Waals surface area contributed by atoms with Crippen LogP contribution in [0.2, 0.25) is 0 Å². The molecular weight excluding hydrogens is 398 g/mol. The Labute approximate surface area is 181 Å². The van der Waals surface area contributed by atoms with E-state index in [0.717, 1.165) is 30.1 Å². The molecule has 1 aromatic carbocycles. The van der Waals surface area contributed by atoms with Crippen LogP contribution in [-0.2, 0) is 16.0 Å². The van der Waals surface area contributed by atoms with Crippen molar-refractivity contribution in [3.63, 3.8) is 0 Å². The van der Waals surface area contributed by atoms with Gasteiger partial charge in [0.05, 0.1) is 11.5 Å². The predicted molar refractivity (Wildman–Crippen MR) is 119 cm³/mol. The normalized spacial score (nSPS) is 24.2. The van der Waals surface area contributed by atoms with Crippen LogP contribution in [0.4, 0.5) is 5.69 Å². The molecule has 30 heavy (non-hydrogen) atoms. The van der Waals surface area contributed by atoms with Crippen molar-refractivity contribution in [2.45, 2.75) is 38.1 Å². The van der Waals surface area contributed by atoms with Crippen LogP contribution in [0.15, 0.2) is 30.3 Å². The first kappa shape index (κ1) is 21.0. The van der Waals surface area contributed by atoms with Gasteiger partial charge < -0.3 is 20.3 Å². The maximum absolute atomic E-state index is 13.3. The number of likely N-dealkylation sites (N-methyl/N-ethyl adjacent to an activating group) is 1. The summed E-state index contributed by atoms with van der Waals surface area (Å²) in [4.78, 5) is 30.0. The number of aryl methyl sites for hydroxylation is 1. The second kappa shape index (κ2) is 8.49. The average Bonchev–Trinajstić information content (AvgIpc) is 3.33. The van der Waals surface area contributed by atoms with Gasteiger partial charge in [-0.3, -0.25) is 9.59 Å². The molecule has 0 saturated carbocycles. The lowest BCUT2D eigenvalue weighted by Crippen LogP contribution is -2.57. The highest BCUT2D eigenvalue weighted by molar-refractivity contribution is 7.13. The summed E-state index contributed by atoms with van der Waals surface area (Å²) in [6.07, 6.45) is 1.42. The Morgan fingerprint density at radius 1 is 1.27 bits per heavy atom. The molecule has 2 aliphatic rings. The van der Waals surface area contributed by atoms with Gasteiger partial charge in [0.2, 0.25) is 0 Å². The molecule has 1 saturated heterocycles. The number of carbonyl (C=O) groups is 2. The Morgan fingerprint density at radius 2 is 2.10 bits per heavy atom. The van der Waals surface area contributed by atoms with E-state index >= 15 is 0 Å². The molecule has 2 aromatic rings. The summed E-state index contributed by atoms with van der Waals surface area (Å²) in [5, 5.41) is 5.99. The minimum Gasteiger partial charge on any atom is -0.378 e. The molecule has 2 aliphatic heterocycles. The number of ether oxygens (including phenoxy) is 1. The van der Waals surface area contributed by atoms with Gasteiger partial charge in [-0.2, -0.15) is 0 Å². The van der Waals surface area contributed by atoms with Gasteiger partial charge >= 0.3 is 0 Å².